The molecule has 2 N–H and O–H groups in total. The number of hydrogen-bond donors (Lipinski definition) is 1. The van der Waals surface area contributed by atoms with Gasteiger partial charge in [0, 0.05) is 5.70 Å². The van der Waals surface area contributed by atoms with Gasteiger partial charge in [-0.25, -0.2) is 0 Å². The molecule has 0 radical (unpaired) electrons. The first-order valence-electron chi connectivity index (χ1n) is 2.42. The molecule has 0 heterocycles. The molecule has 0 amide bonds. The molecule has 0 saturated carbocycles. The first kappa shape index (κ1) is 7.02. The summed E-state index contributed by atoms with van der Waals surface area (Å²) in [4.78, 5) is 0. The molecule has 0 aliphatic rings. The Kier molecular flexibility index (Phi) is 2.70. The van der Waals surface area contributed by atoms with E-state index in [1.54, 1.807) is 12.2 Å². The van der Waals surface area contributed by atoms with Crippen LogP contribution >= 0.6 is 0 Å². The Balaban J connectivity index is 3.94. The fourth-order valence-electron chi connectivity index (χ4n) is 0.343. The Morgan fingerprint density at radius 2 is 2.12 bits per heavy atom. The predicted molar refractivity (Wildman–Crippen MR) is 37.3 cm³/mol. The maximum absolute atomic E-state index is 5.36. The quantitative estimate of drug-likeness (QED) is 0.535. The standard InChI is InChI=1S/C7H11N/c1-4-7(8)5-6(2)3/h4-5H,1-2,8H2,3H3/b7-5+. The fraction of sp³-hybridized carbons (Fsp3) is 0.143. The second kappa shape index (κ2) is 3.08. The summed E-state index contributed by atoms with van der Waals surface area (Å²) in [6.07, 6.45) is 3.36. The van der Waals surface area contributed by atoms with Crippen molar-refractivity contribution in [3.63, 3.8) is 0 Å². The zero-order valence-electron chi connectivity index (χ0n) is 5.15. The highest BCUT2D eigenvalue weighted by molar-refractivity contribution is 5.22. The molecule has 0 atom stereocenters. The minimum absolute atomic E-state index is 0.664. The van der Waals surface area contributed by atoms with Crippen molar-refractivity contribution in [2.75, 3.05) is 0 Å². The Morgan fingerprint density at radius 3 is 2.25 bits per heavy atom. The van der Waals surface area contributed by atoms with Crippen LogP contribution in [-0.2, 0) is 0 Å². The van der Waals surface area contributed by atoms with Gasteiger partial charge in [-0.3, -0.25) is 0 Å². The molecule has 0 aliphatic carbocycles. The largest absolute Gasteiger partial charge is 0.399 e. The van der Waals surface area contributed by atoms with Crippen molar-refractivity contribution in [2.24, 2.45) is 5.73 Å². The van der Waals surface area contributed by atoms with E-state index in [1.165, 1.54) is 0 Å². The van der Waals surface area contributed by atoms with Gasteiger partial charge in [-0.1, -0.05) is 18.7 Å². The maximum Gasteiger partial charge on any atom is 0.0310 e. The maximum atomic E-state index is 5.36. The summed E-state index contributed by atoms with van der Waals surface area (Å²) in [7, 11) is 0. The molecule has 0 unspecified atom stereocenters. The van der Waals surface area contributed by atoms with Crippen molar-refractivity contribution in [3.8, 4) is 0 Å². The molecule has 0 aromatic carbocycles. The summed E-state index contributed by atoms with van der Waals surface area (Å²) >= 11 is 0. The van der Waals surface area contributed by atoms with Gasteiger partial charge in [0.2, 0.25) is 0 Å². The van der Waals surface area contributed by atoms with Crippen molar-refractivity contribution in [2.45, 2.75) is 6.92 Å². The number of hydrogen-bond acceptors (Lipinski definition) is 1. The molecule has 0 spiro atoms. The minimum atomic E-state index is 0.664. The topological polar surface area (TPSA) is 26.0 Å². The van der Waals surface area contributed by atoms with Gasteiger partial charge in [-0.05, 0) is 19.1 Å². The van der Waals surface area contributed by atoms with E-state index in [4.69, 9.17) is 5.73 Å². The molecule has 1 nitrogen and oxygen atoms in total. The van der Waals surface area contributed by atoms with E-state index < -0.39 is 0 Å². The molecular formula is C7H11N. The third kappa shape index (κ3) is 3.22. The van der Waals surface area contributed by atoms with Crippen LogP contribution in [0, 0.1) is 0 Å². The first-order valence-corrected chi connectivity index (χ1v) is 2.42. The Hall–Kier alpha value is -0.980. The van der Waals surface area contributed by atoms with Gasteiger partial charge >= 0.3 is 0 Å². The van der Waals surface area contributed by atoms with Crippen molar-refractivity contribution in [3.05, 3.63) is 36.6 Å². The average Bonchev–Trinajstić information content (AvgIpc) is 1.65. The van der Waals surface area contributed by atoms with Crippen LogP contribution in [0.2, 0.25) is 0 Å². The Bertz CT molecular complexity index is 131. The van der Waals surface area contributed by atoms with Gasteiger partial charge in [0.05, 0.1) is 0 Å². The highest BCUT2D eigenvalue weighted by Gasteiger charge is 1.77. The molecule has 0 bridgehead atoms. The van der Waals surface area contributed by atoms with Crippen molar-refractivity contribution in [1.82, 2.24) is 0 Å². The van der Waals surface area contributed by atoms with E-state index in [1.807, 2.05) is 6.92 Å². The lowest BCUT2D eigenvalue weighted by Gasteiger charge is -1.88. The van der Waals surface area contributed by atoms with Crippen molar-refractivity contribution < 1.29 is 0 Å². The number of allylic oxidation sites excluding steroid dienone is 3. The van der Waals surface area contributed by atoms with Gasteiger partial charge in [0.15, 0.2) is 0 Å². The second-order valence-electron chi connectivity index (χ2n) is 1.69. The summed E-state index contributed by atoms with van der Waals surface area (Å²) in [6, 6.07) is 0. The van der Waals surface area contributed by atoms with Gasteiger partial charge in [0.1, 0.15) is 0 Å². The van der Waals surface area contributed by atoms with E-state index in [0.29, 0.717) is 5.70 Å². The van der Waals surface area contributed by atoms with Crippen molar-refractivity contribution in [1.29, 1.82) is 0 Å². The predicted octanol–water partition coefficient (Wildman–Crippen LogP) is 1.59. The number of nitrogens with two attached hydrogens (primary N) is 1. The molecule has 0 fully saturated rings. The molecule has 0 aromatic heterocycles. The van der Waals surface area contributed by atoms with Gasteiger partial charge < -0.3 is 5.73 Å². The van der Waals surface area contributed by atoms with E-state index in [-0.39, 0.29) is 0 Å². The van der Waals surface area contributed by atoms with Crippen LogP contribution in [0.15, 0.2) is 36.6 Å². The van der Waals surface area contributed by atoms with Gasteiger partial charge in [0.25, 0.3) is 0 Å². The van der Waals surface area contributed by atoms with Crippen LogP contribution in [-0.4, -0.2) is 0 Å². The second-order valence-corrected chi connectivity index (χ2v) is 1.69. The van der Waals surface area contributed by atoms with E-state index in [0.717, 1.165) is 5.57 Å². The number of rotatable bonds is 2. The van der Waals surface area contributed by atoms with E-state index in [9.17, 15) is 0 Å². The van der Waals surface area contributed by atoms with Gasteiger partial charge in [-0.2, -0.15) is 0 Å². The zero-order chi connectivity index (χ0) is 6.57. The highest BCUT2D eigenvalue weighted by Crippen LogP contribution is 1.92. The summed E-state index contributed by atoms with van der Waals surface area (Å²) in [5.41, 5.74) is 6.97. The molecule has 44 valence electrons. The minimum Gasteiger partial charge on any atom is -0.399 e. The van der Waals surface area contributed by atoms with Crippen LogP contribution in [0.3, 0.4) is 0 Å². The summed E-state index contributed by atoms with van der Waals surface area (Å²) in [5, 5.41) is 0. The van der Waals surface area contributed by atoms with Crippen molar-refractivity contribution >= 4 is 0 Å². The van der Waals surface area contributed by atoms with Crippen LogP contribution < -0.4 is 5.73 Å². The summed E-state index contributed by atoms with van der Waals surface area (Å²) in [6.45, 7) is 9.00. The van der Waals surface area contributed by atoms with Crippen LogP contribution in [0.5, 0.6) is 0 Å². The third-order valence-electron chi connectivity index (χ3n) is 0.649. The molecular weight excluding hydrogens is 98.1 g/mol. The first-order chi connectivity index (χ1) is 3.66. The molecule has 1 heteroatoms. The lowest BCUT2D eigenvalue weighted by atomic mass is 10.3. The fourth-order valence-corrected chi connectivity index (χ4v) is 0.343. The molecule has 0 aliphatic heterocycles. The third-order valence-corrected chi connectivity index (χ3v) is 0.649. The highest BCUT2D eigenvalue weighted by atomic mass is 14.5. The molecule has 0 rings (SSSR count). The molecule has 0 saturated heterocycles. The lowest BCUT2D eigenvalue weighted by molar-refractivity contribution is 1.39. The summed E-state index contributed by atoms with van der Waals surface area (Å²) < 4.78 is 0. The smallest absolute Gasteiger partial charge is 0.0310 e. The molecule has 0 aromatic rings. The lowest BCUT2D eigenvalue weighted by Crippen LogP contribution is -1.90. The van der Waals surface area contributed by atoms with E-state index in [2.05, 4.69) is 13.2 Å². The Morgan fingerprint density at radius 1 is 1.62 bits per heavy atom. The molecule has 8 heavy (non-hydrogen) atoms. The Labute approximate surface area is 50.2 Å². The monoisotopic (exact) mass is 109 g/mol. The van der Waals surface area contributed by atoms with Crippen LogP contribution in [0.1, 0.15) is 6.92 Å². The van der Waals surface area contributed by atoms with E-state index >= 15 is 0 Å². The van der Waals surface area contributed by atoms with Crippen LogP contribution in [0.4, 0.5) is 0 Å². The van der Waals surface area contributed by atoms with Crippen LogP contribution in [0.25, 0.3) is 0 Å². The summed E-state index contributed by atoms with van der Waals surface area (Å²) in [5.74, 6) is 0. The SMILES string of the molecule is C=C/C(N)=C\C(=C)C. The zero-order valence-corrected chi connectivity index (χ0v) is 5.15. The van der Waals surface area contributed by atoms with Gasteiger partial charge in [-0.15, -0.1) is 0 Å². The average molecular weight is 109 g/mol. The normalized spacial score (nSPS) is 10.9.